The number of ether oxygens (including phenoxy) is 2. The van der Waals surface area contributed by atoms with Crippen LogP contribution in [0.25, 0.3) is 11.1 Å². The molecule has 2 aromatic carbocycles. The molecular weight excluding hydrogens is 352 g/mol. The topological polar surface area (TPSA) is 75.1 Å². The lowest BCUT2D eigenvalue weighted by molar-refractivity contribution is 0.296. The third-order valence-electron chi connectivity index (χ3n) is 4.46. The van der Waals surface area contributed by atoms with Gasteiger partial charge in [0.25, 0.3) is 5.56 Å². The van der Waals surface area contributed by atoms with Crippen molar-refractivity contribution in [2.45, 2.75) is 27.4 Å². The lowest BCUT2D eigenvalue weighted by Gasteiger charge is -2.14. The molecule has 0 saturated carbocycles. The monoisotopic (exact) mass is 374 g/mol. The van der Waals surface area contributed by atoms with Crippen molar-refractivity contribution in [1.29, 1.82) is 5.26 Å². The van der Waals surface area contributed by atoms with Crippen LogP contribution >= 0.6 is 0 Å². The van der Waals surface area contributed by atoms with Crippen molar-refractivity contribution in [3.8, 4) is 28.7 Å². The number of aryl methyl sites for hydroxylation is 3. The maximum Gasteiger partial charge on any atom is 0.266 e. The Morgan fingerprint density at radius 3 is 2.39 bits per heavy atom. The van der Waals surface area contributed by atoms with Gasteiger partial charge in [0.1, 0.15) is 29.7 Å². The van der Waals surface area contributed by atoms with Gasteiger partial charge < -0.3 is 14.5 Å². The van der Waals surface area contributed by atoms with Crippen LogP contribution in [-0.4, -0.2) is 12.1 Å². The summed E-state index contributed by atoms with van der Waals surface area (Å²) in [5.41, 5.74) is 4.87. The molecule has 0 radical (unpaired) electrons. The zero-order valence-electron chi connectivity index (χ0n) is 16.4. The summed E-state index contributed by atoms with van der Waals surface area (Å²) in [4.78, 5) is 14.8. The minimum Gasteiger partial charge on any atom is -0.496 e. The van der Waals surface area contributed by atoms with Gasteiger partial charge in [0.15, 0.2) is 0 Å². The molecule has 5 heteroatoms. The fraction of sp³-hybridized carbons (Fsp3) is 0.217. The number of rotatable bonds is 5. The molecule has 0 atom stereocenters. The Kier molecular flexibility index (Phi) is 5.51. The average molecular weight is 374 g/mol. The molecule has 0 bridgehead atoms. The molecule has 3 aromatic rings. The summed E-state index contributed by atoms with van der Waals surface area (Å²) in [7, 11) is 1.60. The van der Waals surface area contributed by atoms with Crippen LogP contribution in [0.3, 0.4) is 0 Å². The largest absolute Gasteiger partial charge is 0.496 e. The Morgan fingerprint density at radius 2 is 1.75 bits per heavy atom. The predicted octanol–water partition coefficient (Wildman–Crippen LogP) is 4.43. The number of nitrogens with one attached hydrogen (secondary N) is 1. The van der Waals surface area contributed by atoms with E-state index in [2.05, 4.69) is 11.1 Å². The maximum absolute atomic E-state index is 12.1. The van der Waals surface area contributed by atoms with Crippen LogP contribution in [0.1, 0.15) is 27.9 Å². The number of nitrogens with zero attached hydrogens (tertiary/aromatic N) is 1. The van der Waals surface area contributed by atoms with Crippen molar-refractivity contribution in [3.05, 3.63) is 80.8 Å². The number of nitriles is 1. The molecule has 142 valence electrons. The molecule has 1 heterocycles. The van der Waals surface area contributed by atoms with Gasteiger partial charge in [-0.1, -0.05) is 12.1 Å². The highest BCUT2D eigenvalue weighted by Crippen LogP contribution is 2.29. The summed E-state index contributed by atoms with van der Waals surface area (Å²) in [6, 6.07) is 15.4. The van der Waals surface area contributed by atoms with Crippen LogP contribution in [0.5, 0.6) is 11.5 Å². The van der Waals surface area contributed by atoms with Gasteiger partial charge in [0.2, 0.25) is 0 Å². The van der Waals surface area contributed by atoms with E-state index in [0.29, 0.717) is 23.6 Å². The number of aromatic amines is 1. The molecule has 0 aliphatic carbocycles. The molecule has 0 unspecified atom stereocenters. The summed E-state index contributed by atoms with van der Waals surface area (Å²) in [6.07, 6.45) is 0. The molecule has 3 rings (SSSR count). The van der Waals surface area contributed by atoms with E-state index in [1.807, 2.05) is 50.2 Å². The normalized spacial score (nSPS) is 10.4. The van der Waals surface area contributed by atoms with E-state index < -0.39 is 0 Å². The fourth-order valence-electron chi connectivity index (χ4n) is 3.26. The minimum atomic E-state index is -0.388. The van der Waals surface area contributed by atoms with Gasteiger partial charge in [-0.05, 0) is 67.8 Å². The van der Waals surface area contributed by atoms with Gasteiger partial charge in [-0.3, -0.25) is 4.79 Å². The summed E-state index contributed by atoms with van der Waals surface area (Å²) < 4.78 is 11.4. The van der Waals surface area contributed by atoms with E-state index in [0.717, 1.165) is 28.0 Å². The fourth-order valence-corrected chi connectivity index (χ4v) is 3.26. The molecule has 0 fully saturated rings. The molecule has 28 heavy (non-hydrogen) atoms. The highest BCUT2D eigenvalue weighted by Gasteiger charge is 2.13. The minimum absolute atomic E-state index is 0.0944. The number of hydrogen-bond acceptors (Lipinski definition) is 4. The van der Waals surface area contributed by atoms with Crippen LogP contribution in [0.15, 0.2) is 47.3 Å². The first-order valence-corrected chi connectivity index (χ1v) is 8.93. The molecule has 1 aromatic heterocycles. The van der Waals surface area contributed by atoms with Crippen molar-refractivity contribution in [1.82, 2.24) is 4.98 Å². The van der Waals surface area contributed by atoms with Crippen LogP contribution in [0, 0.1) is 32.1 Å². The third-order valence-corrected chi connectivity index (χ3v) is 4.46. The second-order valence-electron chi connectivity index (χ2n) is 6.82. The highest BCUT2D eigenvalue weighted by molar-refractivity contribution is 5.71. The van der Waals surface area contributed by atoms with Crippen LogP contribution in [0.2, 0.25) is 0 Å². The van der Waals surface area contributed by atoms with Gasteiger partial charge in [-0.15, -0.1) is 0 Å². The average Bonchev–Trinajstić information content (AvgIpc) is 2.65. The van der Waals surface area contributed by atoms with Crippen molar-refractivity contribution in [3.63, 3.8) is 0 Å². The standard InChI is InChI=1S/C23H22N2O3/c1-14-7-15(2)9-19(8-14)28-13-18-11-17(5-6-22(18)27-4)20-10-16(3)25-23(26)21(20)12-24/h5-11H,13H2,1-4H3,(H,25,26). The van der Waals surface area contributed by atoms with Gasteiger partial charge >= 0.3 is 0 Å². The van der Waals surface area contributed by atoms with Gasteiger partial charge in [0, 0.05) is 16.8 Å². The number of aromatic nitrogens is 1. The van der Waals surface area contributed by atoms with Crippen molar-refractivity contribution in [2.75, 3.05) is 7.11 Å². The Bertz CT molecular complexity index is 1100. The molecule has 1 N–H and O–H groups in total. The predicted molar refractivity (Wildman–Crippen MR) is 109 cm³/mol. The first-order valence-electron chi connectivity index (χ1n) is 8.93. The SMILES string of the molecule is COc1ccc(-c2cc(C)[nH]c(=O)c2C#N)cc1COc1cc(C)cc(C)c1. The van der Waals surface area contributed by atoms with Crippen LogP contribution in [-0.2, 0) is 6.61 Å². The number of benzene rings is 2. The zero-order chi connectivity index (χ0) is 20.3. The molecule has 0 aliphatic heterocycles. The van der Waals surface area contributed by atoms with E-state index in [1.165, 1.54) is 0 Å². The Labute approximate surface area is 164 Å². The smallest absolute Gasteiger partial charge is 0.266 e. The van der Waals surface area contributed by atoms with Crippen molar-refractivity contribution in [2.24, 2.45) is 0 Å². The molecular formula is C23H22N2O3. The zero-order valence-corrected chi connectivity index (χ0v) is 16.4. The van der Waals surface area contributed by atoms with E-state index in [4.69, 9.17) is 9.47 Å². The summed E-state index contributed by atoms with van der Waals surface area (Å²) in [5, 5.41) is 9.41. The Morgan fingerprint density at radius 1 is 1.04 bits per heavy atom. The van der Waals surface area contributed by atoms with Crippen LogP contribution < -0.4 is 15.0 Å². The number of hydrogen-bond donors (Lipinski definition) is 1. The molecule has 0 spiro atoms. The Balaban J connectivity index is 1.99. The summed E-state index contributed by atoms with van der Waals surface area (Å²) in [6.45, 7) is 6.16. The third kappa shape index (κ3) is 4.07. The maximum atomic E-state index is 12.1. The van der Waals surface area contributed by atoms with Gasteiger partial charge in [-0.2, -0.15) is 5.26 Å². The quantitative estimate of drug-likeness (QED) is 0.717. The van der Waals surface area contributed by atoms with E-state index in [9.17, 15) is 10.1 Å². The van der Waals surface area contributed by atoms with Gasteiger partial charge in [0.05, 0.1) is 7.11 Å². The molecule has 5 nitrogen and oxygen atoms in total. The lowest BCUT2D eigenvalue weighted by Crippen LogP contribution is -2.12. The van der Waals surface area contributed by atoms with E-state index >= 15 is 0 Å². The summed E-state index contributed by atoms with van der Waals surface area (Å²) in [5.74, 6) is 1.47. The number of pyridine rings is 1. The number of H-pyrrole nitrogens is 1. The van der Waals surface area contributed by atoms with Crippen LogP contribution in [0.4, 0.5) is 0 Å². The molecule has 0 saturated heterocycles. The van der Waals surface area contributed by atoms with Gasteiger partial charge in [-0.25, -0.2) is 0 Å². The lowest BCUT2D eigenvalue weighted by atomic mass is 9.99. The first kappa shape index (κ1) is 19.2. The molecule has 0 amide bonds. The first-order chi connectivity index (χ1) is 13.4. The van der Waals surface area contributed by atoms with E-state index in [-0.39, 0.29) is 11.1 Å². The summed E-state index contributed by atoms with van der Waals surface area (Å²) >= 11 is 0. The second kappa shape index (κ2) is 8.01. The highest BCUT2D eigenvalue weighted by atomic mass is 16.5. The molecule has 0 aliphatic rings. The van der Waals surface area contributed by atoms with E-state index in [1.54, 1.807) is 20.1 Å². The number of methoxy groups -OCH3 is 1. The van der Waals surface area contributed by atoms with Crippen molar-refractivity contribution < 1.29 is 9.47 Å². The Hall–Kier alpha value is -3.52. The van der Waals surface area contributed by atoms with Crippen molar-refractivity contribution >= 4 is 0 Å². The second-order valence-corrected chi connectivity index (χ2v) is 6.82.